The van der Waals surface area contributed by atoms with Crippen molar-refractivity contribution < 1.29 is 4.79 Å². The van der Waals surface area contributed by atoms with Gasteiger partial charge in [0.15, 0.2) is 5.78 Å². The Kier molecular flexibility index (Phi) is 5.33. The van der Waals surface area contributed by atoms with Crippen molar-refractivity contribution in [3.8, 4) is 0 Å². The Morgan fingerprint density at radius 2 is 1.76 bits per heavy atom. The van der Waals surface area contributed by atoms with Gasteiger partial charge in [0.1, 0.15) is 0 Å². The van der Waals surface area contributed by atoms with Gasteiger partial charge in [0, 0.05) is 25.2 Å². The van der Waals surface area contributed by atoms with Crippen LogP contribution in [0, 0.1) is 0 Å². The number of hydrogen-bond acceptors (Lipinski definition) is 2. The second kappa shape index (κ2) is 7.44. The topological polar surface area (TPSA) is 29.1 Å². The number of carbonyl (C=O) groups is 1. The van der Waals surface area contributed by atoms with Crippen molar-refractivity contribution in [3.63, 3.8) is 0 Å². The lowest BCUT2D eigenvalue weighted by molar-refractivity contribution is -0.113. The van der Waals surface area contributed by atoms with E-state index >= 15 is 0 Å². The predicted molar refractivity (Wildman–Crippen MR) is 88.0 cm³/mol. The molecule has 0 saturated heterocycles. The fourth-order valence-electron chi connectivity index (χ4n) is 2.33. The molecule has 0 aliphatic heterocycles. The average molecular weight is 279 g/mol. The van der Waals surface area contributed by atoms with Gasteiger partial charge in [-0.1, -0.05) is 61.5 Å². The zero-order valence-corrected chi connectivity index (χ0v) is 12.6. The molecule has 0 aromatic heterocycles. The van der Waals surface area contributed by atoms with Crippen molar-refractivity contribution >= 4 is 11.4 Å². The number of carbonyl (C=O) groups excluding carboxylic acids is 1. The molecule has 0 atom stereocenters. The third kappa shape index (κ3) is 4.06. The maximum absolute atomic E-state index is 12.6. The van der Waals surface area contributed by atoms with E-state index in [9.17, 15) is 4.79 Å². The molecule has 2 rings (SSSR count). The highest BCUT2D eigenvalue weighted by molar-refractivity contribution is 6.21. The Labute approximate surface area is 126 Å². The number of rotatable bonds is 6. The van der Waals surface area contributed by atoms with Gasteiger partial charge in [0.2, 0.25) is 0 Å². The third-order valence-corrected chi connectivity index (χ3v) is 3.44. The molecule has 0 aliphatic rings. The van der Waals surface area contributed by atoms with Gasteiger partial charge in [-0.05, 0) is 23.1 Å². The zero-order valence-electron chi connectivity index (χ0n) is 12.6. The van der Waals surface area contributed by atoms with Crippen molar-refractivity contribution in [2.45, 2.75) is 19.8 Å². The van der Waals surface area contributed by atoms with Crippen molar-refractivity contribution in [1.82, 2.24) is 5.32 Å². The van der Waals surface area contributed by atoms with E-state index in [1.807, 2.05) is 49.5 Å². The van der Waals surface area contributed by atoms with E-state index in [0.29, 0.717) is 6.42 Å². The quantitative estimate of drug-likeness (QED) is 0.818. The second-order valence-electron chi connectivity index (χ2n) is 4.99. The van der Waals surface area contributed by atoms with Crippen LogP contribution < -0.4 is 5.32 Å². The summed E-state index contributed by atoms with van der Waals surface area (Å²) >= 11 is 0. The van der Waals surface area contributed by atoms with Gasteiger partial charge >= 0.3 is 0 Å². The molecular weight excluding hydrogens is 258 g/mol. The maximum atomic E-state index is 12.6. The van der Waals surface area contributed by atoms with E-state index in [0.717, 1.165) is 23.1 Å². The molecule has 0 bridgehead atoms. The first kappa shape index (κ1) is 15.0. The lowest BCUT2D eigenvalue weighted by atomic mass is 9.96. The molecule has 2 aromatic rings. The minimum atomic E-state index is 0.129. The largest absolute Gasteiger partial charge is 0.393 e. The summed E-state index contributed by atoms with van der Waals surface area (Å²) < 4.78 is 0. The summed E-state index contributed by atoms with van der Waals surface area (Å²) in [6.07, 6.45) is 3.19. The van der Waals surface area contributed by atoms with E-state index in [-0.39, 0.29) is 5.78 Å². The van der Waals surface area contributed by atoms with Gasteiger partial charge in [0.05, 0.1) is 0 Å². The van der Waals surface area contributed by atoms with Crippen LogP contribution in [0.3, 0.4) is 0 Å². The Morgan fingerprint density at radius 1 is 1.05 bits per heavy atom. The monoisotopic (exact) mass is 279 g/mol. The Balaban J connectivity index is 2.22. The smallest absolute Gasteiger partial charge is 0.169 e. The van der Waals surface area contributed by atoms with Crippen molar-refractivity contribution in [1.29, 1.82) is 0 Å². The molecule has 0 amide bonds. The second-order valence-corrected chi connectivity index (χ2v) is 4.99. The Morgan fingerprint density at radius 3 is 2.43 bits per heavy atom. The Hall–Kier alpha value is -2.35. The minimum absolute atomic E-state index is 0.129. The summed E-state index contributed by atoms with van der Waals surface area (Å²) in [6.45, 7) is 2.12. The number of Topliss-reactive ketones (excluding diaryl/α,β-unsaturated/α-hetero) is 1. The molecule has 108 valence electrons. The minimum Gasteiger partial charge on any atom is -0.393 e. The normalized spacial score (nSPS) is 11.2. The molecule has 2 nitrogen and oxygen atoms in total. The molecule has 0 aliphatic carbocycles. The van der Waals surface area contributed by atoms with E-state index < -0.39 is 0 Å². The van der Waals surface area contributed by atoms with Crippen LogP contribution in [0.5, 0.6) is 0 Å². The molecule has 0 spiro atoms. The van der Waals surface area contributed by atoms with Gasteiger partial charge in [-0.3, -0.25) is 4.79 Å². The summed E-state index contributed by atoms with van der Waals surface area (Å²) in [5.41, 5.74) is 4.00. The van der Waals surface area contributed by atoms with Crippen LogP contribution in [0.1, 0.15) is 23.6 Å². The highest BCUT2D eigenvalue weighted by atomic mass is 16.1. The zero-order chi connectivity index (χ0) is 15.1. The molecule has 0 heterocycles. The van der Waals surface area contributed by atoms with E-state index in [1.54, 1.807) is 6.20 Å². The first-order valence-electron chi connectivity index (χ1n) is 7.28. The van der Waals surface area contributed by atoms with Crippen LogP contribution in [-0.4, -0.2) is 12.8 Å². The highest BCUT2D eigenvalue weighted by Crippen LogP contribution is 2.17. The van der Waals surface area contributed by atoms with E-state index in [1.165, 1.54) is 5.56 Å². The van der Waals surface area contributed by atoms with Crippen LogP contribution in [0.25, 0.3) is 5.57 Å². The van der Waals surface area contributed by atoms with Crippen molar-refractivity contribution in [2.24, 2.45) is 0 Å². The van der Waals surface area contributed by atoms with Crippen LogP contribution in [-0.2, 0) is 17.6 Å². The van der Waals surface area contributed by atoms with Crippen LogP contribution in [0.2, 0.25) is 0 Å². The number of hydrogen-bond donors (Lipinski definition) is 1. The molecular formula is C19H21NO. The molecule has 0 unspecified atom stereocenters. The number of ketones is 1. The lowest BCUT2D eigenvalue weighted by Crippen LogP contribution is -2.09. The summed E-state index contributed by atoms with van der Waals surface area (Å²) in [4.78, 5) is 12.6. The van der Waals surface area contributed by atoms with E-state index in [2.05, 4.69) is 24.4 Å². The first-order valence-corrected chi connectivity index (χ1v) is 7.28. The predicted octanol–water partition coefficient (Wildman–Crippen LogP) is 3.62. The molecule has 21 heavy (non-hydrogen) atoms. The fourth-order valence-corrected chi connectivity index (χ4v) is 2.33. The molecule has 2 aromatic carbocycles. The summed E-state index contributed by atoms with van der Waals surface area (Å²) in [6, 6.07) is 18.0. The van der Waals surface area contributed by atoms with E-state index in [4.69, 9.17) is 0 Å². The number of allylic oxidation sites excluding steroid dienone is 1. The van der Waals surface area contributed by atoms with Gasteiger partial charge in [-0.15, -0.1) is 0 Å². The van der Waals surface area contributed by atoms with Crippen LogP contribution >= 0.6 is 0 Å². The van der Waals surface area contributed by atoms with Crippen LogP contribution in [0.15, 0.2) is 60.8 Å². The first-order chi connectivity index (χ1) is 10.2. The summed E-state index contributed by atoms with van der Waals surface area (Å²) in [5.74, 6) is 0.129. The van der Waals surface area contributed by atoms with Crippen molar-refractivity contribution in [2.75, 3.05) is 7.05 Å². The standard InChI is InChI=1S/C19H21NO/c1-3-15-8-7-9-16(12-15)13-19(21)18(14-20-2)17-10-5-4-6-11-17/h4-12,14,20H,3,13H2,1-2H3. The molecule has 0 fully saturated rings. The van der Waals surface area contributed by atoms with Gasteiger partial charge in [0.25, 0.3) is 0 Å². The maximum Gasteiger partial charge on any atom is 0.169 e. The van der Waals surface area contributed by atoms with Gasteiger partial charge in [-0.2, -0.15) is 0 Å². The van der Waals surface area contributed by atoms with Gasteiger partial charge < -0.3 is 5.32 Å². The third-order valence-electron chi connectivity index (χ3n) is 3.44. The summed E-state index contributed by atoms with van der Waals surface area (Å²) in [7, 11) is 1.81. The molecule has 0 radical (unpaired) electrons. The average Bonchev–Trinajstić information content (AvgIpc) is 2.53. The fraction of sp³-hybridized carbons (Fsp3) is 0.211. The number of nitrogens with one attached hydrogen (secondary N) is 1. The van der Waals surface area contributed by atoms with Crippen LogP contribution in [0.4, 0.5) is 0 Å². The lowest BCUT2D eigenvalue weighted by Gasteiger charge is -2.08. The van der Waals surface area contributed by atoms with Gasteiger partial charge in [-0.25, -0.2) is 0 Å². The SMILES string of the molecule is CCc1cccc(CC(=O)C(=CNC)c2ccccc2)c1. The number of aryl methyl sites for hydroxylation is 1. The molecule has 1 N–H and O–H groups in total. The van der Waals surface area contributed by atoms with Crippen molar-refractivity contribution in [3.05, 3.63) is 77.5 Å². The highest BCUT2D eigenvalue weighted by Gasteiger charge is 2.12. The number of benzene rings is 2. The Bertz CT molecular complexity index is 629. The molecule has 2 heteroatoms. The summed E-state index contributed by atoms with van der Waals surface area (Å²) in [5, 5.41) is 2.97. The molecule has 0 saturated carbocycles.